The molecule has 0 bridgehead atoms. The van der Waals surface area contributed by atoms with E-state index >= 15 is 0 Å². The number of rotatable bonds is 2. The Morgan fingerprint density at radius 3 is 2.76 bits per heavy atom. The Hall–Kier alpha value is -1.64. The molecular formula is C14H10F3IN2O. The van der Waals surface area contributed by atoms with E-state index in [2.05, 4.69) is 5.32 Å². The maximum Gasteiger partial charge on any atom is 0.185 e. The van der Waals surface area contributed by atoms with E-state index in [1.165, 1.54) is 18.4 Å². The van der Waals surface area contributed by atoms with Crippen molar-refractivity contribution >= 4 is 44.9 Å². The average molecular weight is 406 g/mol. The van der Waals surface area contributed by atoms with Gasteiger partial charge in [-0.2, -0.15) is 0 Å². The fraction of sp³-hybridized carbons (Fsp3) is 0.143. The van der Waals surface area contributed by atoms with Gasteiger partial charge in [0.25, 0.3) is 0 Å². The summed E-state index contributed by atoms with van der Waals surface area (Å²) in [5.41, 5.74) is 5.56. The maximum absolute atomic E-state index is 14.1. The summed E-state index contributed by atoms with van der Waals surface area (Å²) in [5, 5.41) is 2.51. The van der Waals surface area contributed by atoms with Gasteiger partial charge in [0.15, 0.2) is 17.2 Å². The molecular weight excluding hydrogens is 396 g/mol. The lowest BCUT2D eigenvalue weighted by Crippen LogP contribution is -2.17. The molecule has 0 saturated carbocycles. The number of nitrogens with one attached hydrogen (secondary N) is 1. The molecule has 1 aromatic carbocycles. The van der Waals surface area contributed by atoms with E-state index in [9.17, 15) is 13.2 Å². The summed E-state index contributed by atoms with van der Waals surface area (Å²) in [7, 11) is 0. The van der Waals surface area contributed by atoms with Crippen molar-refractivity contribution < 1.29 is 17.6 Å². The van der Waals surface area contributed by atoms with Crippen molar-refractivity contribution in [2.75, 3.05) is 11.1 Å². The molecule has 110 valence electrons. The molecule has 0 amide bonds. The second-order valence-corrected chi connectivity index (χ2v) is 6.00. The number of fused-ring (bicyclic) bond motifs is 1. The van der Waals surface area contributed by atoms with Crippen LogP contribution >= 0.6 is 22.6 Å². The molecule has 7 heteroatoms. The van der Waals surface area contributed by atoms with Crippen molar-refractivity contribution in [3.8, 4) is 0 Å². The smallest absolute Gasteiger partial charge is 0.185 e. The molecule has 0 fully saturated rings. The van der Waals surface area contributed by atoms with Gasteiger partial charge in [0.05, 0.1) is 17.3 Å². The van der Waals surface area contributed by atoms with E-state index in [1.54, 1.807) is 6.08 Å². The second-order valence-electron chi connectivity index (χ2n) is 4.61. The number of allylic oxidation sites excluding steroid dienone is 4. The van der Waals surface area contributed by atoms with E-state index in [-0.39, 0.29) is 34.5 Å². The summed E-state index contributed by atoms with van der Waals surface area (Å²) in [4.78, 5) is 0. The molecule has 0 radical (unpaired) electrons. The fourth-order valence-corrected chi connectivity index (χ4v) is 2.74. The number of halogens is 4. The molecule has 3 N–H and O–H groups in total. The first kappa shape index (κ1) is 14.3. The Bertz CT molecular complexity index is 782. The van der Waals surface area contributed by atoms with Gasteiger partial charge in [-0.3, -0.25) is 0 Å². The lowest BCUT2D eigenvalue weighted by atomic mass is 10.1. The third-order valence-corrected chi connectivity index (χ3v) is 4.05. The third kappa shape index (κ3) is 2.39. The Morgan fingerprint density at radius 2 is 2.05 bits per heavy atom. The topological polar surface area (TPSA) is 51.2 Å². The first-order valence-corrected chi connectivity index (χ1v) is 7.18. The standard InChI is InChI=1S/C14H10F3IN2O/c15-8-5-6(18)1-2-9(8)20-13-11(17)10(16)7-3-4-21-14(7)12(13)19/h1-4,8,20H,5,19H2. The minimum Gasteiger partial charge on any atom is -0.462 e. The predicted octanol–water partition coefficient (Wildman–Crippen LogP) is 4.65. The average Bonchev–Trinajstić information content (AvgIpc) is 2.93. The molecule has 3 rings (SSSR count). The number of furan rings is 1. The van der Waals surface area contributed by atoms with Gasteiger partial charge >= 0.3 is 0 Å². The van der Waals surface area contributed by atoms with Gasteiger partial charge in [-0.25, -0.2) is 13.2 Å². The van der Waals surface area contributed by atoms with Crippen molar-refractivity contribution in [1.82, 2.24) is 0 Å². The summed E-state index contributed by atoms with van der Waals surface area (Å²) in [5.74, 6) is -2.23. The lowest BCUT2D eigenvalue weighted by Gasteiger charge is -2.19. The Balaban J connectivity index is 2.09. The SMILES string of the molecule is Nc1c(NC2=CC=C(I)CC2F)c(F)c(F)c2ccoc12. The summed E-state index contributed by atoms with van der Waals surface area (Å²) >= 11 is 2.02. The van der Waals surface area contributed by atoms with E-state index in [1.807, 2.05) is 22.6 Å². The third-order valence-electron chi connectivity index (χ3n) is 3.25. The first-order valence-electron chi connectivity index (χ1n) is 6.10. The van der Waals surface area contributed by atoms with Crippen LogP contribution in [0.15, 0.2) is 38.2 Å². The molecule has 1 aliphatic rings. The quantitative estimate of drug-likeness (QED) is 0.564. The van der Waals surface area contributed by atoms with Crippen LogP contribution in [0.3, 0.4) is 0 Å². The number of benzene rings is 1. The van der Waals surface area contributed by atoms with Crippen LogP contribution in [0, 0.1) is 11.6 Å². The fourth-order valence-electron chi connectivity index (χ4n) is 2.17. The number of nitrogen functional groups attached to an aromatic ring is 1. The molecule has 1 unspecified atom stereocenters. The second kappa shape index (κ2) is 5.28. The van der Waals surface area contributed by atoms with Gasteiger partial charge < -0.3 is 15.5 Å². The molecule has 1 heterocycles. The zero-order valence-electron chi connectivity index (χ0n) is 10.6. The van der Waals surface area contributed by atoms with E-state index in [0.717, 1.165) is 3.58 Å². The molecule has 1 aliphatic carbocycles. The van der Waals surface area contributed by atoms with Gasteiger partial charge in [-0.15, -0.1) is 0 Å². The highest BCUT2D eigenvalue weighted by atomic mass is 127. The van der Waals surface area contributed by atoms with Crippen LogP contribution in [-0.2, 0) is 0 Å². The van der Waals surface area contributed by atoms with Crippen molar-refractivity contribution in [3.05, 3.63) is 45.4 Å². The number of hydrogen-bond acceptors (Lipinski definition) is 3. The van der Waals surface area contributed by atoms with Crippen LogP contribution in [0.25, 0.3) is 11.0 Å². The number of nitrogens with two attached hydrogens (primary N) is 1. The molecule has 1 atom stereocenters. The molecule has 0 aliphatic heterocycles. The van der Waals surface area contributed by atoms with Crippen LogP contribution in [-0.4, -0.2) is 6.17 Å². The Kier molecular flexibility index (Phi) is 3.60. The zero-order valence-corrected chi connectivity index (χ0v) is 12.7. The summed E-state index contributed by atoms with van der Waals surface area (Å²) in [6.07, 6.45) is 3.27. The van der Waals surface area contributed by atoms with Gasteiger partial charge in [0.2, 0.25) is 0 Å². The van der Waals surface area contributed by atoms with Crippen molar-refractivity contribution in [3.63, 3.8) is 0 Å². The van der Waals surface area contributed by atoms with Crippen LogP contribution in [0.5, 0.6) is 0 Å². The first-order chi connectivity index (χ1) is 9.99. The summed E-state index contributed by atoms with van der Waals surface area (Å²) in [6.45, 7) is 0. The highest BCUT2D eigenvalue weighted by Crippen LogP contribution is 2.37. The van der Waals surface area contributed by atoms with Gasteiger partial charge in [0.1, 0.15) is 17.5 Å². The predicted molar refractivity (Wildman–Crippen MR) is 83.9 cm³/mol. The van der Waals surface area contributed by atoms with Crippen LogP contribution in [0.4, 0.5) is 24.5 Å². The molecule has 21 heavy (non-hydrogen) atoms. The summed E-state index contributed by atoms with van der Waals surface area (Å²) < 4.78 is 47.9. The van der Waals surface area contributed by atoms with Crippen LogP contribution in [0.2, 0.25) is 0 Å². The molecule has 0 spiro atoms. The van der Waals surface area contributed by atoms with Crippen molar-refractivity contribution in [1.29, 1.82) is 0 Å². The zero-order chi connectivity index (χ0) is 15.1. The molecule has 3 nitrogen and oxygen atoms in total. The van der Waals surface area contributed by atoms with Gasteiger partial charge in [-0.05, 0) is 38.3 Å². The summed E-state index contributed by atoms with van der Waals surface area (Å²) in [6, 6.07) is 1.29. The van der Waals surface area contributed by atoms with Crippen molar-refractivity contribution in [2.24, 2.45) is 0 Å². The molecule has 0 saturated heterocycles. The minimum atomic E-state index is -1.32. The van der Waals surface area contributed by atoms with Crippen molar-refractivity contribution in [2.45, 2.75) is 12.6 Å². The highest BCUT2D eigenvalue weighted by Gasteiger charge is 2.24. The lowest BCUT2D eigenvalue weighted by molar-refractivity contribution is 0.383. The largest absolute Gasteiger partial charge is 0.462 e. The monoisotopic (exact) mass is 406 g/mol. The maximum atomic E-state index is 14.1. The Labute approximate surface area is 131 Å². The Morgan fingerprint density at radius 1 is 1.29 bits per heavy atom. The van der Waals surface area contributed by atoms with Crippen LogP contribution < -0.4 is 11.1 Å². The van der Waals surface area contributed by atoms with E-state index in [0.29, 0.717) is 0 Å². The minimum absolute atomic E-state index is 0.0355. The highest BCUT2D eigenvalue weighted by molar-refractivity contribution is 14.1. The van der Waals surface area contributed by atoms with Gasteiger partial charge in [-0.1, -0.05) is 6.08 Å². The normalized spacial score (nSPS) is 18.6. The number of alkyl halides is 1. The number of hydrogen-bond donors (Lipinski definition) is 2. The van der Waals surface area contributed by atoms with E-state index in [4.69, 9.17) is 10.2 Å². The number of anilines is 2. The van der Waals surface area contributed by atoms with Gasteiger partial charge in [0, 0.05) is 6.42 Å². The molecule has 2 aromatic rings. The van der Waals surface area contributed by atoms with Crippen LogP contribution in [0.1, 0.15) is 6.42 Å². The molecule has 1 aromatic heterocycles. The van der Waals surface area contributed by atoms with E-state index < -0.39 is 17.8 Å².